The molecule has 112 valence electrons. The highest BCUT2D eigenvalue weighted by Crippen LogP contribution is 2.35. The normalized spacial score (nSPS) is 17.5. The van der Waals surface area contributed by atoms with E-state index in [-0.39, 0.29) is 11.9 Å². The quantitative estimate of drug-likeness (QED) is 0.747. The number of amides is 1. The molecule has 3 aromatic rings. The molecule has 2 aromatic heterocycles. The van der Waals surface area contributed by atoms with Crippen molar-refractivity contribution in [1.82, 2.24) is 14.3 Å². The summed E-state index contributed by atoms with van der Waals surface area (Å²) in [6.45, 7) is 0.770. The fourth-order valence-electron chi connectivity index (χ4n) is 2.80. The molecule has 1 amide bonds. The Morgan fingerprint density at radius 1 is 1.45 bits per heavy atom. The summed E-state index contributed by atoms with van der Waals surface area (Å²) >= 11 is 1.53. The smallest absolute Gasteiger partial charge is 0.274 e. The number of aromatic nitrogens is 2. The van der Waals surface area contributed by atoms with Crippen molar-refractivity contribution in [2.75, 3.05) is 13.7 Å². The van der Waals surface area contributed by atoms with Crippen molar-refractivity contribution in [3.8, 4) is 5.75 Å². The van der Waals surface area contributed by atoms with Gasteiger partial charge in [-0.15, -0.1) is 11.3 Å². The lowest BCUT2D eigenvalue weighted by Gasteiger charge is -2.41. The summed E-state index contributed by atoms with van der Waals surface area (Å²) in [7, 11) is 1.65. The molecule has 1 fully saturated rings. The van der Waals surface area contributed by atoms with Gasteiger partial charge in [0.2, 0.25) is 0 Å². The number of carbonyl (C=O) groups excluding carboxylic acids is 1. The van der Waals surface area contributed by atoms with E-state index in [2.05, 4.69) is 4.98 Å². The number of nitrogens with zero attached hydrogens (tertiary/aromatic N) is 3. The van der Waals surface area contributed by atoms with Crippen LogP contribution >= 0.6 is 11.3 Å². The number of benzene rings is 1. The van der Waals surface area contributed by atoms with Gasteiger partial charge >= 0.3 is 0 Å². The van der Waals surface area contributed by atoms with Gasteiger partial charge in [0.05, 0.1) is 13.2 Å². The minimum Gasteiger partial charge on any atom is -0.497 e. The van der Waals surface area contributed by atoms with Crippen molar-refractivity contribution in [3.63, 3.8) is 0 Å². The van der Waals surface area contributed by atoms with Crippen LogP contribution in [0.1, 0.15) is 28.5 Å². The Morgan fingerprint density at radius 2 is 2.36 bits per heavy atom. The maximum Gasteiger partial charge on any atom is 0.274 e. The van der Waals surface area contributed by atoms with E-state index in [1.54, 1.807) is 13.3 Å². The Morgan fingerprint density at radius 3 is 3.09 bits per heavy atom. The molecule has 3 heterocycles. The second-order valence-electron chi connectivity index (χ2n) is 5.30. The number of hydrogen-bond donors (Lipinski definition) is 0. The van der Waals surface area contributed by atoms with Gasteiger partial charge in [-0.05, 0) is 24.1 Å². The molecule has 0 spiro atoms. The Hall–Kier alpha value is -2.34. The van der Waals surface area contributed by atoms with Crippen molar-refractivity contribution in [2.45, 2.75) is 12.5 Å². The Labute approximate surface area is 131 Å². The van der Waals surface area contributed by atoms with Crippen LogP contribution in [0, 0.1) is 0 Å². The first-order valence-corrected chi connectivity index (χ1v) is 8.01. The van der Waals surface area contributed by atoms with Crippen molar-refractivity contribution in [3.05, 3.63) is 53.3 Å². The van der Waals surface area contributed by atoms with Gasteiger partial charge < -0.3 is 9.64 Å². The highest BCUT2D eigenvalue weighted by atomic mass is 32.1. The third-order valence-electron chi connectivity index (χ3n) is 4.07. The van der Waals surface area contributed by atoms with E-state index >= 15 is 0 Å². The number of fused-ring (bicyclic) bond motifs is 1. The lowest BCUT2D eigenvalue weighted by Crippen LogP contribution is -2.45. The number of ether oxygens (including phenoxy) is 1. The highest BCUT2D eigenvalue weighted by molar-refractivity contribution is 7.15. The van der Waals surface area contributed by atoms with Crippen LogP contribution in [-0.4, -0.2) is 33.8 Å². The first-order valence-electron chi connectivity index (χ1n) is 7.13. The van der Waals surface area contributed by atoms with Crippen molar-refractivity contribution in [1.29, 1.82) is 0 Å². The third kappa shape index (κ3) is 2.07. The number of hydrogen-bond acceptors (Lipinski definition) is 4. The van der Waals surface area contributed by atoms with Crippen LogP contribution in [0.4, 0.5) is 0 Å². The molecule has 22 heavy (non-hydrogen) atoms. The van der Waals surface area contributed by atoms with E-state index in [0.717, 1.165) is 29.2 Å². The van der Waals surface area contributed by atoms with E-state index in [0.29, 0.717) is 5.69 Å². The number of imidazole rings is 1. The molecule has 1 aromatic carbocycles. The molecule has 4 rings (SSSR count). The van der Waals surface area contributed by atoms with Gasteiger partial charge in [0.15, 0.2) is 4.96 Å². The average molecular weight is 313 g/mol. The van der Waals surface area contributed by atoms with Crippen LogP contribution in [0.25, 0.3) is 4.96 Å². The van der Waals surface area contributed by atoms with Crippen molar-refractivity contribution >= 4 is 22.2 Å². The summed E-state index contributed by atoms with van der Waals surface area (Å²) in [5.74, 6) is 0.814. The lowest BCUT2D eigenvalue weighted by molar-refractivity contribution is 0.0454. The van der Waals surface area contributed by atoms with E-state index in [4.69, 9.17) is 4.74 Å². The van der Waals surface area contributed by atoms with Crippen molar-refractivity contribution in [2.24, 2.45) is 0 Å². The highest BCUT2D eigenvalue weighted by Gasteiger charge is 2.35. The molecule has 1 saturated heterocycles. The Balaban J connectivity index is 1.59. The predicted octanol–water partition coefficient (Wildman–Crippen LogP) is 2.99. The second kappa shape index (κ2) is 5.14. The molecule has 5 nitrogen and oxygen atoms in total. The first kappa shape index (κ1) is 13.3. The van der Waals surface area contributed by atoms with Gasteiger partial charge in [-0.3, -0.25) is 9.20 Å². The zero-order chi connectivity index (χ0) is 15.1. The van der Waals surface area contributed by atoms with E-state index < -0.39 is 0 Å². The fourth-order valence-corrected chi connectivity index (χ4v) is 3.50. The molecule has 0 unspecified atom stereocenters. The van der Waals surface area contributed by atoms with Gasteiger partial charge in [-0.25, -0.2) is 4.98 Å². The van der Waals surface area contributed by atoms with Gasteiger partial charge in [0.1, 0.15) is 11.4 Å². The zero-order valence-corrected chi connectivity index (χ0v) is 12.9. The van der Waals surface area contributed by atoms with E-state index in [9.17, 15) is 4.79 Å². The summed E-state index contributed by atoms with van der Waals surface area (Å²) in [6, 6.07) is 8.02. The number of rotatable bonds is 3. The molecular weight excluding hydrogens is 298 g/mol. The Bertz CT molecular complexity index is 810. The molecule has 6 heteroatoms. The van der Waals surface area contributed by atoms with Crippen LogP contribution in [0.3, 0.4) is 0 Å². The molecule has 0 N–H and O–H groups in total. The van der Waals surface area contributed by atoms with Crippen LogP contribution < -0.4 is 4.74 Å². The molecule has 0 radical (unpaired) electrons. The SMILES string of the molecule is COc1cccc([C@H]2CCN2C(=O)c2cn3ccsc3n2)c1. The number of thiazole rings is 1. The fraction of sp³-hybridized carbons (Fsp3) is 0.250. The summed E-state index contributed by atoms with van der Waals surface area (Å²) in [6.07, 6.45) is 4.69. The number of likely N-dealkylation sites (tertiary alicyclic amines) is 1. The van der Waals surface area contributed by atoms with Gasteiger partial charge in [0.25, 0.3) is 5.91 Å². The van der Waals surface area contributed by atoms with E-state index in [1.165, 1.54) is 11.3 Å². The summed E-state index contributed by atoms with van der Waals surface area (Å²) in [5.41, 5.74) is 1.62. The second-order valence-corrected chi connectivity index (χ2v) is 6.17. The maximum absolute atomic E-state index is 12.7. The van der Waals surface area contributed by atoms with Gasteiger partial charge in [-0.2, -0.15) is 0 Å². The molecule has 1 aliphatic heterocycles. The van der Waals surface area contributed by atoms with E-state index in [1.807, 2.05) is 45.1 Å². The van der Waals surface area contributed by atoms with Crippen LogP contribution in [-0.2, 0) is 0 Å². The Kier molecular flexibility index (Phi) is 3.11. The molecule has 0 aliphatic carbocycles. The molecule has 0 bridgehead atoms. The largest absolute Gasteiger partial charge is 0.497 e. The minimum absolute atomic E-state index is 0.00466. The van der Waals surface area contributed by atoms with Crippen molar-refractivity contribution < 1.29 is 9.53 Å². The monoisotopic (exact) mass is 313 g/mol. The molecule has 1 aliphatic rings. The molecular formula is C16H15N3O2S. The van der Waals surface area contributed by atoms with Gasteiger partial charge in [-0.1, -0.05) is 12.1 Å². The topological polar surface area (TPSA) is 46.8 Å². The summed E-state index contributed by atoms with van der Waals surface area (Å²) < 4.78 is 7.15. The maximum atomic E-state index is 12.7. The molecule has 0 saturated carbocycles. The lowest BCUT2D eigenvalue weighted by atomic mass is 9.94. The number of methoxy groups -OCH3 is 1. The minimum atomic E-state index is -0.00466. The standard InChI is InChI=1S/C16H15N3O2S/c1-21-12-4-2-3-11(9-12)14-5-6-19(14)15(20)13-10-18-7-8-22-16(18)17-13/h2-4,7-10,14H,5-6H2,1H3/t14-/m1/s1. The van der Waals surface area contributed by atoms with Gasteiger partial charge in [0, 0.05) is 24.3 Å². The molecule has 1 atom stereocenters. The third-order valence-corrected chi connectivity index (χ3v) is 4.84. The summed E-state index contributed by atoms with van der Waals surface area (Å²) in [5, 5.41) is 1.96. The van der Waals surface area contributed by atoms with Crippen LogP contribution in [0.2, 0.25) is 0 Å². The van der Waals surface area contributed by atoms with Crippen LogP contribution in [0.5, 0.6) is 5.75 Å². The van der Waals surface area contributed by atoms with Crippen LogP contribution in [0.15, 0.2) is 42.0 Å². The zero-order valence-electron chi connectivity index (χ0n) is 12.1. The average Bonchev–Trinajstić information content (AvgIpc) is 3.07. The predicted molar refractivity (Wildman–Crippen MR) is 84.5 cm³/mol. The summed E-state index contributed by atoms with van der Waals surface area (Å²) in [4.78, 5) is 19.8. The first-order chi connectivity index (χ1) is 10.8. The number of carbonyl (C=O) groups is 1.